The Morgan fingerprint density at radius 1 is 1.43 bits per heavy atom. The lowest BCUT2D eigenvalue weighted by molar-refractivity contribution is -0.150. The van der Waals surface area contributed by atoms with E-state index in [0.717, 1.165) is 11.8 Å². The maximum absolute atomic E-state index is 13.8. The van der Waals surface area contributed by atoms with Gasteiger partial charge in [0.15, 0.2) is 5.17 Å². The third-order valence-corrected chi connectivity index (χ3v) is 4.12. The molecule has 1 aromatic rings. The Morgan fingerprint density at radius 3 is 2.71 bits per heavy atom. The zero-order valence-electron chi connectivity index (χ0n) is 10.7. The number of carbonyl (C=O) groups is 1. The number of thiol groups is 1. The summed E-state index contributed by atoms with van der Waals surface area (Å²) in [7, 11) is 0. The smallest absolute Gasteiger partial charge is 0.281 e. The number of hydrogen-bond acceptors (Lipinski definition) is 4. The first-order valence-electron chi connectivity index (χ1n) is 5.75. The van der Waals surface area contributed by atoms with E-state index < -0.39 is 24.4 Å². The fourth-order valence-corrected chi connectivity index (χ4v) is 2.74. The Hall–Kier alpha value is -1.22. The summed E-state index contributed by atoms with van der Waals surface area (Å²) >= 11 is 4.96. The van der Waals surface area contributed by atoms with E-state index >= 15 is 0 Å². The Kier molecular flexibility index (Phi) is 4.52. The van der Waals surface area contributed by atoms with Crippen molar-refractivity contribution in [2.45, 2.75) is 18.0 Å². The fraction of sp³-hybridized carbons (Fsp3) is 0.333. The van der Waals surface area contributed by atoms with Gasteiger partial charge in [-0.05, 0) is 24.6 Å². The molecule has 0 spiro atoms. The van der Waals surface area contributed by atoms with Crippen LogP contribution < -0.4 is 0 Å². The maximum Gasteiger partial charge on any atom is 0.406 e. The Labute approximate surface area is 127 Å². The van der Waals surface area contributed by atoms with E-state index in [4.69, 9.17) is 0 Å². The van der Waals surface area contributed by atoms with E-state index in [1.165, 1.54) is 12.1 Å². The highest BCUT2D eigenvalue weighted by molar-refractivity contribution is 8.15. The van der Waals surface area contributed by atoms with Gasteiger partial charge in [-0.2, -0.15) is 13.2 Å². The second-order valence-electron chi connectivity index (χ2n) is 4.37. The fourth-order valence-electron chi connectivity index (χ4n) is 1.66. The molecule has 0 bridgehead atoms. The molecule has 21 heavy (non-hydrogen) atoms. The molecular weight excluding hydrogens is 328 g/mol. The zero-order chi connectivity index (χ0) is 15.8. The molecule has 0 atom stereocenters. The molecule has 1 aliphatic rings. The lowest BCUT2D eigenvalue weighted by Crippen LogP contribution is -2.38. The summed E-state index contributed by atoms with van der Waals surface area (Å²) in [6.45, 7) is 0.213. The van der Waals surface area contributed by atoms with Crippen molar-refractivity contribution in [1.29, 1.82) is 0 Å². The highest BCUT2D eigenvalue weighted by atomic mass is 32.2. The number of hydrogen-bond donors (Lipinski definition) is 1. The van der Waals surface area contributed by atoms with Crippen molar-refractivity contribution in [2.24, 2.45) is 4.99 Å². The maximum atomic E-state index is 13.8. The number of amides is 1. The zero-order valence-corrected chi connectivity index (χ0v) is 12.4. The lowest BCUT2D eigenvalue weighted by atomic mass is 10.2. The average molecular weight is 338 g/mol. The first-order chi connectivity index (χ1) is 9.67. The molecule has 2 rings (SSSR count). The highest BCUT2D eigenvalue weighted by Gasteiger charge is 2.38. The monoisotopic (exact) mass is 338 g/mol. The van der Waals surface area contributed by atoms with Crippen LogP contribution in [0.1, 0.15) is 5.56 Å². The van der Waals surface area contributed by atoms with E-state index in [0.29, 0.717) is 15.4 Å². The Bertz CT molecular complexity index is 616. The second kappa shape index (κ2) is 5.88. The van der Waals surface area contributed by atoms with Crippen LogP contribution in [0.2, 0.25) is 0 Å². The van der Waals surface area contributed by atoms with Gasteiger partial charge in [0.05, 0.1) is 5.75 Å². The molecule has 3 nitrogen and oxygen atoms in total. The first-order valence-corrected chi connectivity index (χ1v) is 7.18. The second-order valence-corrected chi connectivity index (χ2v) is 5.79. The van der Waals surface area contributed by atoms with Crippen molar-refractivity contribution in [1.82, 2.24) is 4.90 Å². The Balaban J connectivity index is 2.35. The van der Waals surface area contributed by atoms with Crippen molar-refractivity contribution < 1.29 is 22.4 Å². The van der Waals surface area contributed by atoms with Crippen molar-refractivity contribution in [3.63, 3.8) is 0 Å². The van der Waals surface area contributed by atoms with E-state index in [1.54, 1.807) is 6.92 Å². The van der Waals surface area contributed by atoms with Crippen molar-refractivity contribution in [3.05, 3.63) is 23.5 Å². The molecule has 9 heteroatoms. The van der Waals surface area contributed by atoms with Crippen LogP contribution in [-0.4, -0.2) is 34.4 Å². The topological polar surface area (TPSA) is 32.7 Å². The van der Waals surface area contributed by atoms with Crippen LogP contribution in [0.4, 0.5) is 23.2 Å². The predicted molar refractivity (Wildman–Crippen MR) is 75.7 cm³/mol. The van der Waals surface area contributed by atoms with Crippen LogP contribution in [0.25, 0.3) is 0 Å². The summed E-state index contributed by atoms with van der Waals surface area (Å²) in [5.41, 5.74) is 0.442. The average Bonchev–Trinajstić information content (AvgIpc) is 2.66. The van der Waals surface area contributed by atoms with Gasteiger partial charge in [0, 0.05) is 4.90 Å². The van der Waals surface area contributed by atoms with Gasteiger partial charge in [-0.25, -0.2) is 9.38 Å². The van der Waals surface area contributed by atoms with Crippen LogP contribution >= 0.6 is 24.4 Å². The molecular formula is C12H10F4N2OS2. The third-order valence-electron chi connectivity index (χ3n) is 2.68. The summed E-state index contributed by atoms with van der Waals surface area (Å²) in [4.78, 5) is 16.3. The summed E-state index contributed by atoms with van der Waals surface area (Å²) < 4.78 is 51.1. The number of nitrogens with zero attached hydrogens (tertiary/aromatic N) is 2. The number of rotatable bonds is 2. The van der Waals surface area contributed by atoms with Crippen molar-refractivity contribution in [3.8, 4) is 0 Å². The van der Waals surface area contributed by atoms with E-state index in [-0.39, 0.29) is 16.6 Å². The van der Waals surface area contributed by atoms with Crippen LogP contribution in [0.15, 0.2) is 22.0 Å². The molecule has 0 N–H and O–H groups in total. The number of thioether (sulfide) groups is 1. The number of halogens is 4. The molecule has 1 heterocycles. The van der Waals surface area contributed by atoms with Crippen LogP contribution in [0.3, 0.4) is 0 Å². The molecule has 1 aromatic carbocycles. The van der Waals surface area contributed by atoms with E-state index in [1.807, 2.05) is 0 Å². The van der Waals surface area contributed by atoms with Crippen molar-refractivity contribution >= 4 is 41.2 Å². The molecule has 0 aliphatic carbocycles. The minimum absolute atomic E-state index is 0.143. The molecule has 0 aromatic heterocycles. The number of benzene rings is 1. The summed E-state index contributed by atoms with van der Waals surface area (Å²) in [6, 6.07) is 2.51. The molecule has 1 amide bonds. The molecule has 114 valence electrons. The van der Waals surface area contributed by atoms with Gasteiger partial charge in [0.25, 0.3) is 0 Å². The minimum Gasteiger partial charge on any atom is -0.281 e. The molecule has 1 saturated heterocycles. The summed E-state index contributed by atoms with van der Waals surface area (Å²) in [6.07, 6.45) is -4.54. The van der Waals surface area contributed by atoms with Gasteiger partial charge >= 0.3 is 6.18 Å². The largest absolute Gasteiger partial charge is 0.406 e. The molecule has 0 saturated carbocycles. The molecule has 1 fully saturated rings. The SMILES string of the molecule is Cc1cc(F)c(N=C2SCC(=O)N2CC(F)(F)F)cc1S. The van der Waals surface area contributed by atoms with Crippen LogP contribution in [0.5, 0.6) is 0 Å². The summed E-state index contributed by atoms with van der Waals surface area (Å²) in [5.74, 6) is -1.52. The van der Waals surface area contributed by atoms with E-state index in [2.05, 4.69) is 17.6 Å². The number of carbonyl (C=O) groups excluding carboxylic acids is 1. The van der Waals surface area contributed by atoms with Gasteiger partial charge < -0.3 is 0 Å². The van der Waals surface area contributed by atoms with Crippen LogP contribution in [0, 0.1) is 12.7 Å². The predicted octanol–water partition coefficient (Wildman–Crippen LogP) is 3.55. The number of amidine groups is 1. The van der Waals surface area contributed by atoms with Crippen LogP contribution in [-0.2, 0) is 4.79 Å². The summed E-state index contributed by atoms with van der Waals surface area (Å²) in [5, 5.41) is -0.159. The lowest BCUT2D eigenvalue weighted by Gasteiger charge is -2.17. The first kappa shape index (κ1) is 16.2. The Morgan fingerprint density at radius 2 is 2.10 bits per heavy atom. The highest BCUT2D eigenvalue weighted by Crippen LogP contribution is 2.30. The number of aryl methyl sites for hydroxylation is 1. The van der Waals surface area contributed by atoms with Gasteiger partial charge in [0.1, 0.15) is 18.0 Å². The van der Waals surface area contributed by atoms with Gasteiger partial charge in [0.2, 0.25) is 5.91 Å². The minimum atomic E-state index is -4.54. The third kappa shape index (κ3) is 3.91. The normalized spacial score (nSPS) is 17.9. The van der Waals surface area contributed by atoms with Crippen molar-refractivity contribution in [2.75, 3.05) is 12.3 Å². The molecule has 0 unspecified atom stereocenters. The number of aliphatic imine (C=N–C) groups is 1. The van der Waals surface area contributed by atoms with Gasteiger partial charge in [-0.1, -0.05) is 11.8 Å². The standard InChI is InChI=1S/C12H10F4N2OS2/c1-6-2-7(13)8(3-9(6)20)17-11-18(5-12(14,15)16)10(19)4-21-11/h2-3,20H,4-5H2,1H3. The molecule has 0 radical (unpaired) electrons. The van der Waals surface area contributed by atoms with Gasteiger partial charge in [-0.15, -0.1) is 12.6 Å². The molecule has 1 aliphatic heterocycles. The quantitative estimate of drug-likeness (QED) is 0.661. The van der Waals surface area contributed by atoms with E-state index in [9.17, 15) is 22.4 Å². The van der Waals surface area contributed by atoms with Gasteiger partial charge in [-0.3, -0.25) is 9.69 Å². The number of alkyl halides is 3.